The lowest BCUT2D eigenvalue weighted by atomic mass is 9.99. The summed E-state index contributed by atoms with van der Waals surface area (Å²) in [6, 6.07) is 10.3. The first-order valence-corrected chi connectivity index (χ1v) is 9.87. The maximum atomic E-state index is 10.8. The molecule has 0 amide bonds. The van der Waals surface area contributed by atoms with Gasteiger partial charge in [-0.1, -0.05) is 13.8 Å². The number of hydrogen-bond donors (Lipinski definition) is 2. The van der Waals surface area contributed by atoms with Crippen molar-refractivity contribution in [2.75, 3.05) is 13.1 Å². The van der Waals surface area contributed by atoms with E-state index in [0.29, 0.717) is 11.8 Å². The lowest BCUT2D eigenvalue weighted by Gasteiger charge is -2.22. The van der Waals surface area contributed by atoms with Gasteiger partial charge in [-0.15, -0.1) is 0 Å². The molecule has 3 aromatic heterocycles. The molecule has 6 nitrogen and oxygen atoms in total. The molecule has 0 radical (unpaired) electrons. The van der Waals surface area contributed by atoms with Crippen LogP contribution < -0.4 is 0 Å². The molecule has 3 aromatic rings. The van der Waals surface area contributed by atoms with Crippen LogP contribution in [0, 0.1) is 6.92 Å². The quantitative estimate of drug-likeness (QED) is 0.707. The molecule has 28 heavy (non-hydrogen) atoms. The van der Waals surface area contributed by atoms with Crippen molar-refractivity contribution in [2.45, 2.75) is 45.3 Å². The number of aromatic nitrogens is 4. The van der Waals surface area contributed by atoms with E-state index in [1.807, 2.05) is 37.5 Å². The summed E-state index contributed by atoms with van der Waals surface area (Å²) in [6.07, 6.45) is 3.95. The second-order valence-electron chi connectivity index (χ2n) is 7.92. The second kappa shape index (κ2) is 7.81. The minimum Gasteiger partial charge on any atom is -0.372 e. The number of pyridine rings is 2. The highest BCUT2D eigenvalue weighted by Gasteiger charge is 2.31. The zero-order valence-corrected chi connectivity index (χ0v) is 16.6. The molecule has 6 heteroatoms. The largest absolute Gasteiger partial charge is 0.372 e. The van der Waals surface area contributed by atoms with Crippen molar-refractivity contribution in [3.8, 4) is 11.1 Å². The number of aromatic amines is 1. The van der Waals surface area contributed by atoms with Crippen LogP contribution in [-0.4, -0.2) is 43.3 Å². The molecular weight excluding hydrogens is 350 g/mol. The average Bonchev–Trinajstić information content (AvgIpc) is 3.38. The van der Waals surface area contributed by atoms with E-state index in [4.69, 9.17) is 4.98 Å². The first kappa shape index (κ1) is 18.8. The standard InChI is InChI=1S/C22H27N5O/c1-14(2)19-12-21(26-25-19)22(28)27-9-6-17(13-27)20-11-18(10-15(3)24-20)16-4-7-23-8-5-16/h4-5,7-8,10-12,14,17,22,28H,6,9,13H2,1-3H3,(H,25,26). The molecule has 0 aliphatic carbocycles. The summed E-state index contributed by atoms with van der Waals surface area (Å²) >= 11 is 0. The summed E-state index contributed by atoms with van der Waals surface area (Å²) in [5.74, 6) is 0.647. The van der Waals surface area contributed by atoms with Gasteiger partial charge in [0.25, 0.3) is 0 Å². The third-order valence-corrected chi connectivity index (χ3v) is 5.46. The van der Waals surface area contributed by atoms with Gasteiger partial charge in [-0.2, -0.15) is 5.10 Å². The third kappa shape index (κ3) is 3.84. The summed E-state index contributed by atoms with van der Waals surface area (Å²) in [4.78, 5) is 11.0. The molecule has 1 saturated heterocycles. The van der Waals surface area contributed by atoms with Gasteiger partial charge in [-0.05, 0) is 60.7 Å². The fourth-order valence-electron chi connectivity index (χ4n) is 3.84. The van der Waals surface area contributed by atoms with Gasteiger partial charge in [0.15, 0.2) is 0 Å². The van der Waals surface area contributed by atoms with Gasteiger partial charge in [0.1, 0.15) is 6.23 Å². The zero-order valence-electron chi connectivity index (χ0n) is 16.6. The van der Waals surface area contributed by atoms with E-state index in [-0.39, 0.29) is 0 Å². The highest BCUT2D eigenvalue weighted by Crippen LogP contribution is 2.33. The van der Waals surface area contributed by atoms with Crippen LogP contribution in [0.25, 0.3) is 11.1 Å². The number of aryl methyl sites for hydroxylation is 1. The Kier molecular flexibility index (Phi) is 5.24. The number of aliphatic hydroxyl groups excluding tert-OH is 1. The van der Waals surface area contributed by atoms with Gasteiger partial charge < -0.3 is 5.11 Å². The van der Waals surface area contributed by atoms with Gasteiger partial charge in [-0.25, -0.2) is 0 Å². The lowest BCUT2D eigenvalue weighted by Crippen LogP contribution is -2.26. The molecule has 0 bridgehead atoms. The molecular formula is C22H27N5O. The Balaban J connectivity index is 1.51. The molecule has 2 N–H and O–H groups in total. The predicted octanol–water partition coefficient (Wildman–Crippen LogP) is 3.78. The van der Waals surface area contributed by atoms with Crippen LogP contribution in [0.5, 0.6) is 0 Å². The molecule has 1 aliphatic heterocycles. The lowest BCUT2D eigenvalue weighted by molar-refractivity contribution is 0.0145. The average molecular weight is 377 g/mol. The normalized spacial score (nSPS) is 18.7. The van der Waals surface area contributed by atoms with Crippen LogP contribution in [0.4, 0.5) is 0 Å². The van der Waals surface area contributed by atoms with E-state index in [9.17, 15) is 5.11 Å². The molecule has 4 heterocycles. The Morgan fingerprint density at radius 3 is 2.64 bits per heavy atom. The molecule has 1 aliphatic rings. The van der Waals surface area contributed by atoms with Crippen molar-refractivity contribution < 1.29 is 5.11 Å². The number of aliphatic hydroxyl groups is 1. The maximum Gasteiger partial charge on any atom is 0.150 e. The molecule has 2 atom stereocenters. The van der Waals surface area contributed by atoms with Crippen molar-refractivity contribution in [2.24, 2.45) is 0 Å². The van der Waals surface area contributed by atoms with E-state index in [2.05, 4.69) is 46.1 Å². The summed E-state index contributed by atoms with van der Waals surface area (Å²) < 4.78 is 0. The fraction of sp³-hybridized carbons (Fsp3) is 0.409. The minimum absolute atomic E-state index is 0.308. The smallest absolute Gasteiger partial charge is 0.150 e. The molecule has 0 saturated carbocycles. The van der Waals surface area contributed by atoms with Crippen LogP contribution in [0.2, 0.25) is 0 Å². The topological polar surface area (TPSA) is 77.9 Å². The fourth-order valence-corrected chi connectivity index (χ4v) is 3.84. The van der Waals surface area contributed by atoms with E-state index in [1.165, 1.54) is 5.56 Å². The van der Waals surface area contributed by atoms with Gasteiger partial charge in [0, 0.05) is 42.8 Å². The molecule has 0 aromatic carbocycles. The summed E-state index contributed by atoms with van der Waals surface area (Å²) in [7, 11) is 0. The van der Waals surface area contributed by atoms with Gasteiger partial charge in [-0.3, -0.25) is 20.0 Å². The zero-order chi connectivity index (χ0) is 19.7. The molecule has 0 spiro atoms. The predicted molar refractivity (Wildman–Crippen MR) is 109 cm³/mol. The molecule has 1 fully saturated rings. The van der Waals surface area contributed by atoms with Crippen LogP contribution in [0.3, 0.4) is 0 Å². The van der Waals surface area contributed by atoms with Gasteiger partial charge in [0.05, 0.1) is 11.4 Å². The van der Waals surface area contributed by atoms with E-state index in [0.717, 1.165) is 47.8 Å². The Hall–Kier alpha value is -2.57. The first-order valence-electron chi connectivity index (χ1n) is 9.87. The molecule has 146 valence electrons. The maximum absolute atomic E-state index is 10.8. The minimum atomic E-state index is -0.658. The second-order valence-corrected chi connectivity index (χ2v) is 7.92. The number of H-pyrrole nitrogens is 1. The molecule has 4 rings (SSSR count). The number of nitrogens with one attached hydrogen (secondary N) is 1. The van der Waals surface area contributed by atoms with Crippen LogP contribution in [0.15, 0.2) is 42.7 Å². The van der Waals surface area contributed by atoms with Gasteiger partial charge in [0.2, 0.25) is 0 Å². The number of likely N-dealkylation sites (tertiary alicyclic amines) is 1. The Bertz CT molecular complexity index is 937. The van der Waals surface area contributed by atoms with E-state index < -0.39 is 6.23 Å². The highest BCUT2D eigenvalue weighted by atomic mass is 16.3. The number of hydrogen-bond acceptors (Lipinski definition) is 5. The van der Waals surface area contributed by atoms with Crippen molar-refractivity contribution in [3.63, 3.8) is 0 Å². The Morgan fingerprint density at radius 2 is 1.93 bits per heavy atom. The van der Waals surface area contributed by atoms with Crippen molar-refractivity contribution in [3.05, 3.63) is 65.5 Å². The van der Waals surface area contributed by atoms with Gasteiger partial charge >= 0.3 is 0 Å². The van der Waals surface area contributed by atoms with Crippen molar-refractivity contribution in [1.29, 1.82) is 0 Å². The number of rotatable bonds is 5. The molecule has 2 unspecified atom stereocenters. The van der Waals surface area contributed by atoms with Crippen molar-refractivity contribution in [1.82, 2.24) is 25.1 Å². The SMILES string of the molecule is Cc1cc(-c2ccncc2)cc(C2CCN(C(O)c3cc(C(C)C)n[nH]3)C2)n1. The summed E-state index contributed by atoms with van der Waals surface area (Å²) in [6.45, 7) is 7.85. The summed E-state index contributed by atoms with van der Waals surface area (Å²) in [5.41, 5.74) is 6.16. The summed E-state index contributed by atoms with van der Waals surface area (Å²) in [5, 5.41) is 18.1. The monoisotopic (exact) mass is 377 g/mol. The van der Waals surface area contributed by atoms with Crippen molar-refractivity contribution >= 4 is 0 Å². The van der Waals surface area contributed by atoms with E-state index in [1.54, 1.807) is 0 Å². The Labute approximate surface area is 165 Å². The Morgan fingerprint density at radius 1 is 1.14 bits per heavy atom. The van der Waals surface area contributed by atoms with Crippen LogP contribution in [-0.2, 0) is 0 Å². The third-order valence-electron chi connectivity index (χ3n) is 5.46. The highest BCUT2D eigenvalue weighted by molar-refractivity contribution is 5.63. The number of nitrogens with zero attached hydrogens (tertiary/aromatic N) is 4. The van der Waals surface area contributed by atoms with E-state index >= 15 is 0 Å². The van der Waals surface area contributed by atoms with Crippen LogP contribution in [0.1, 0.15) is 61.1 Å². The van der Waals surface area contributed by atoms with Crippen LogP contribution >= 0.6 is 0 Å². The first-order chi connectivity index (χ1) is 13.5.